The van der Waals surface area contributed by atoms with Crippen molar-refractivity contribution in [2.24, 2.45) is 11.8 Å². The zero-order valence-corrected chi connectivity index (χ0v) is 27.9. The Morgan fingerprint density at radius 1 is 0.745 bits per heavy atom. The third-order valence-electron chi connectivity index (χ3n) is 9.61. The van der Waals surface area contributed by atoms with Gasteiger partial charge < -0.3 is 9.47 Å². The Morgan fingerprint density at radius 2 is 1.36 bits per heavy atom. The van der Waals surface area contributed by atoms with Gasteiger partial charge in [0.15, 0.2) is 0 Å². The summed E-state index contributed by atoms with van der Waals surface area (Å²) in [6, 6.07) is 35.9. The number of benzene rings is 4. The summed E-state index contributed by atoms with van der Waals surface area (Å²) in [5.74, 6) is -5.77. The van der Waals surface area contributed by atoms with Crippen LogP contribution in [0, 0.1) is 24.6 Å². The van der Waals surface area contributed by atoms with E-state index < -0.39 is 35.9 Å². The Morgan fingerprint density at radius 3 is 1.98 bits per heavy atom. The number of hydrogen-bond acceptors (Lipinski definition) is 3. The summed E-state index contributed by atoms with van der Waals surface area (Å²) in [6.45, 7) is 6.31. The lowest BCUT2D eigenvalue weighted by atomic mass is 9.65. The molecule has 1 aliphatic carbocycles. The minimum atomic E-state index is -3.02. The average molecular weight is 655 g/mol. The molecule has 1 heterocycles. The first-order valence-electron chi connectivity index (χ1n) is 16.4. The minimum absolute atomic E-state index is 0.215. The summed E-state index contributed by atoms with van der Waals surface area (Å²) in [5, 5.41) is 0. The van der Waals surface area contributed by atoms with Crippen molar-refractivity contribution in [1.29, 1.82) is 0 Å². The van der Waals surface area contributed by atoms with Crippen LogP contribution in [0.5, 0.6) is 0 Å². The molecular weight excluding hydrogens is 614 g/mol. The molecular formula is C41H41F3O2S. The van der Waals surface area contributed by atoms with Crippen LogP contribution in [-0.2, 0) is 29.1 Å². The molecule has 1 aliphatic rings. The monoisotopic (exact) mass is 654 g/mol. The molecule has 2 nitrogen and oxygen atoms in total. The SMILES string of the molecule is CC[C@@H]1[C@@H](C)[C@H](OCc2ccccc2)[C@@H](OCc2ccccc2)[C@H](c2ccc(C)c(Cc3ccc(-c4ccc(F)cc4)s3)c2)C1(F)F. The van der Waals surface area contributed by atoms with Gasteiger partial charge in [-0.05, 0) is 76.9 Å². The van der Waals surface area contributed by atoms with Gasteiger partial charge in [-0.3, -0.25) is 0 Å². The van der Waals surface area contributed by atoms with Crippen LogP contribution in [0.3, 0.4) is 0 Å². The zero-order valence-electron chi connectivity index (χ0n) is 27.0. The molecule has 1 saturated carbocycles. The molecule has 6 heteroatoms. The number of rotatable bonds is 11. The predicted molar refractivity (Wildman–Crippen MR) is 184 cm³/mol. The predicted octanol–water partition coefficient (Wildman–Crippen LogP) is 11.0. The Balaban J connectivity index is 1.35. The lowest BCUT2D eigenvalue weighted by Gasteiger charge is -2.50. The van der Waals surface area contributed by atoms with Crippen LogP contribution in [0.25, 0.3) is 10.4 Å². The standard InChI is InChI=1S/C41H41F3O2S/c1-4-36-28(3)39(45-25-29-11-7-5-8-12-29)40(46-26-30-13-9-6-10-14-30)38(41(36,43)44)32-16-15-27(2)33(23-32)24-35-21-22-37(47-35)31-17-19-34(42)20-18-31/h5-23,28,36,38-40H,4,24-26H2,1-3H3/t28-,36-,38+,39+,40+/m1/s1. The van der Waals surface area contributed by atoms with Gasteiger partial charge in [-0.15, -0.1) is 11.3 Å². The van der Waals surface area contributed by atoms with Crippen molar-refractivity contribution < 1.29 is 22.6 Å². The van der Waals surface area contributed by atoms with Gasteiger partial charge >= 0.3 is 0 Å². The maximum Gasteiger partial charge on any atom is 0.260 e. The van der Waals surface area contributed by atoms with E-state index >= 15 is 8.78 Å². The Bertz CT molecular complexity index is 1740. The van der Waals surface area contributed by atoms with E-state index in [4.69, 9.17) is 9.47 Å². The van der Waals surface area contributed by atoms with Crippen LogP contribution in [-0.4, -0.2) is 18.1 Å². The van der Waals surface area contributed by atoms with Crippen LogP contribution < -0.4 is 0 Å². The van der Waals surface area contributed by atoms with Crippen molar-refractivity contribution >= 4 is 11.3 Å². The van der Waals surface area contributed by atoms with Gasteiger partial charge in [0.1, 0.15) is 5.82 Å². The summed E-state index contributed by atoms with van der Waals surface area (Å²) in [5.41, 5.74) is 5.50. The summed E-state index contributed by atoms with van der Waals surface area (Å²) in [6.07, 6.45) is -0.453. The molecule has 0 radical (unpaired) electrons. The Labute approximate surface area is 280 Å². The van der Waals surface area contributed by atoms with Crippen molar-refractivity contribution in [2.75, 3.05) is 0 Å². The molecule has 0 aliphatic heterocycles. The number of alkyl halides is 2. The highest BCUT2D eigenvalue weighted by Gasteiger charge is 2.60. The Hall–Kier alpha value is -3.71. The molecule has 47 heavy (non-hydrogen) atoms. The van der Waals surface area contributed by atoms with Crippen molar-refractivity contribution in [3.63, 3.8) is 0 Å². The highest BCUT2D eigenvalue weighted by atomic mass is 32.1. The summed E-state index contributed by atoms with van der Waals surface area (Å²) >= 11 is 1.64. The third kappa shape index (κ3) is 7.40. The molecule has 5 atom stereocenters. The largest absolute Gasteiger partial charge is 0.371 e. The highest BCUT2D eigenvalue weighted by Crippen LogP contribution is 2.54. The molecule has 0 bridgehead atoms. The van der Waals surface area contributed by atoms with Crippen molar-refractivity contribution in [3.05, 3.63) is 154 Å². The van der Waals surface area contributed by atoms with Crippen LogP contribution in [0.15, 0.2) is 115 Å². The van der Waals surface area contributed by atoms with E-state index in [0.717, 1.165) is 37.6 Å². The van der Waals surface area contributed by atoms with Gasteiger partial charge in [-0.2, -0.15) is 0 Å². The summed E-state index contributed by atoms with van der Waals surface area (Å²) in [7, 11) is 0. The molecule has 0 amide bonds. The van der Waals surface area contributed by atoms with Crippen molar-refractivity contribution in [2.45, 2.75) is 70.9 Å². The van der Waals surface area contributed by atoms with E-state index in [-0.39, 0.29) is 12.4 Å². The van der Waals surface area contributed by atoms with Crippen LogP contribution in [0.4, 0.5) is 13.2 Å². The number of hydrogen-bond donors (Lipinski definition) is 0. The first kappa shape index (κ1) is 33.2. The second-order valence-electron chi connectivity index (χ2n) is 12.7. The number of aryl methyl sites for hydroxylation is 1. The second kappa shape index (κ2) is 14.6. The topological polar surface area (TPSA) is 18.5 Å². The fourth-order valence-electron chi connectivity index (χ4n) is 7.05. The quantitative estimate of drug-likeness (QED) is 0.141. The second-order valence-corrected chi connectivity index (χ2v) is 13.9. The minimum Gasteiger partial charge on any atom is -0.371 e. The van der Waals surface area contributed by atoms with Crippen LogP contribution in [0.2, 0.25) is 0 Å². The van der Waals surface area contributed by atoms with E-state index in [1.54, 1.807) is 23.5 Å². The smallest absolute Gasteiger partial charge is 0.260 e. The van der Waals surface area contributed by atoms with Gasteiger partial charge in [0.25, 0.3) is 5.92 Å². The van der Waals surface area contributed by atoms with E-state index in [1.165, 1.54) is 12.1 Å². The first-order valence-corrected chi connectivity index (χ1v) is 17.2. The number of halogens is 3. The van der Waals surface area contributed by atoms with Gasteiger partial charge in [0.05, 0.1) is 31.3 Å². The maximum atomic E-state index is 16.9. The van der Waals surface area contributed by atoms with E-state index in [1.807, 2.05) is 106 Å². The molecule has 1 fully saturated rings. The molecule has 5 aromatic rings. The van der Waals surface area contributed by atoms with Gasteiger partial charge in [0, 0.05) is 22.1 Å². The average Bonchev–Trinajstić information content (AvgIpc) is 3.54. The summed E-state index contributed by atoms with van der Waals surface area (Å²) in [4.78, 5) is 2.15. The van der Waals surface area contributed by atoms with E-state index in [0.29, 0.717) is 25.0 Å². The first-order chi connectivity index (χ1) is 22.7. The van der Waals surface area contributed by atoms with Gasteiger partial charge in [-0.1, -0.05) is 105 Å². The van der Waals surface area contributed by atoms with E-state index in [2.05, 4.69) is 6.07 Å². The Kier molecular flexibility index (Phi) is 10.3. The maximum absolute atomic E-state index is 16.9. The fourth-order valence-corrected chi connectivity index (χ4v) is 8.09. The van der Waals surface area contributed by atoms with Crippen LogP contribution >= 0.6 is 11.3 Å². The van der Waals surface area contributed by atoms with Gasteiger partial charge in [-0.25, -0.2) is 13.2 Å². The zero-order chi connectivity index (χ0) is 33.0. The third-order valence-corrected chi connectivity index (χ3v) is 10.7. The molecule has 0 N–H and O–H groups in total. The number of ether oxygens (including phenoxy) is 2. The fraction of sp³-hybridized carbons (Fsp3) is 0.317. The molecule has 6 rings (SSSR count). The molecule has 0 unspecified atom stereocenters. The molecule has 1 aromatic heterocycles. The molecule has 4 aromatic carbocycles. The van der Waals surface area contributed by atoms with Crippen LogP contribution in [0.1, 0.15) is 58.9 Å². The van der Waals surface area contributed by atoms with E-state index in [9.17, 15) is 4.39 Å². The van der Waals surface area contributed by atoms with Crippen molar-refractivity contribution in [3.8, 4) is 10.4 Å². The molecule has 0 spiro atoms. The van der Waals surface area contributed by atoms with Gasteiger partial charge in [0.2, 0.25) is 0 Å². The van der Waals surface area contributed by atoms with Crippen molar-refractivity contribution in [1.82, 2.24) is 0 Å². The normalized spacial score (nSPS) is 22.3. The summed E-state index contributed by atoms with van der Waals surface area (Å²) < 4.78 is 60.4. The lowest BCUT2D eigenvalue weighted by molar-refractivity contribution is -0.231. The molecule has 244 valence electrons. The number of thiophene rings is 1. The lowest BCUT2D eigenvalue weighted by Crippen LogP contribution is -2.58. The highest BCUT2D eigenvalue weighted by molar-refractivity contribution is 7.15. The molecule has 0 saturated heterocycles.